The summed E-state index contributed by atoms with van der Waals surface area (Å²) in [6, 6.07) is 0. The van der Waals surface area contributed by atoms with E-state index in [1.165, 1.54) is 128 Å². The first-order valence-electron chi connectivity index (χ1n) is 11.8. The Morgan fingerprint density at radius 1 is 0.400 bits per heavy atom. The molecule has 0 saturated carbocycles. The minimum Gasteiger partial charge on any atom is -0.107 e. The molecule has 0 aliphatic rings. The zero-order chi connectivity index (χ0) is 18.3. The molecule has 0 bridgehead atoms. The van der Waals surface area contributed by atoms with Crippen LogP contribution < -0.4 is 0 Å². The number of unbranched alkanes of at least 4 members (excludes halogenated alkanes) is 20. The van der Waals surface area contributed by atoms with Gasteiger partial charge in [-0.3, -0.25) is 0 Å². The van der Waals surface area contributed by atoms with Crippen molar-refractivity contribution >= 4 is 0 Å². The Kier molecular flexibility index (Phi) is 23.1. The van der Waals surface area contributed by atoms with Crippen LogP contribution in [-0.2, 0) is 0 Å². The molecule has 0 spiro atoms. The van der Waals surface area contributed by atoms with Crippen LogP contribution in [0, 0.1) is 11.8 Å². The first kappa shape index (κ1) is 24.6. The number of hydrogen-bond acceptors (Lipinski definition) is 0. The molecule has 0 aromatic carbocycles. The predicted octanol–water partition coefficient (Wildman–Crippen LogP) is 9.22. The van der Waals surface area contributed by atoms with E-state index in [1.54, 1.807) is 0 Å². The molecule has 0 amide bonds. The summed E-state index contributed by atoms with van der Waals surface area (Å²) >= 11 is 0. The molecule has 0 aromatic heterocycles. The van der Waals surface area contributed by atoms with Gasteiger partial charge < -0.3 is 0 Å². The van der Waals surface area contributed by atoms with E-state index in [1.807, 2.05) is 6.92 Å². The van der Waals surface area contributed by atoms with Gasteiger partial charge in [0.25, 0.3) is 0 Å². The largest absolute Gasteiger partial charge is 0.107 e. The summed E-state index contributed by atoms with van der Waals surface area (Å²) < 4.78 is 0. The Labute approximate surface area is 160 Å². The summed E-state index contributed by atoms with van der Waals surface area (Å²) in [5.41, 5.74) is 0. The van der Waals surface area contributed by atoms with E-state index >= 15 is 0 Å². The molecule has 0 heterocycles. The number of hydrogen-bond donors (Lipinski definition) is 0. The normalized spacial score (nSPS) is 10.6. The molecule has 0 saturated heterocycles. The van der Waals surface area contributed by atoms with Crippen LogP contribution >= 0.6 is 0 Å². The summed E-state index contributed by atoms with van der Waals surface area (Å²) in [6.07, 6.45) is 30.1. The van der Waals surface area contributed by atoms with Gasteiger partial charge in [0.2, 0.25) is 0 Å². The molecule has 0 rings (SSSR count). The minimum atomic E-state index is 1.11. The van der Waals surface area contributed by atoms with Crippen LogP contribution in [-0.4, -0.2) is 0 Å². The fraction of sp³-hybridized carbons (Fsp3) is 0.920. The van der Waals surface area contributed by atoms with Crippen molar-refractivity contribution in [3.8, 4) is 11.8 Å². The number of rotatable bonds is 20. The molecule has 0 N–H and O–H groups in total. The highest BCUT2D eigenvalue weighted by atomic mass is 14.0. The first-order valence-corrected chi connectivity index (χ1v) is 11.8. The Bertz CT molecular complexity index is 280. The first-order chi connectivity index (χ1) is 12.4. The SMILES string of the molecule is CC#CCCCCCCCCCCCCCCCCCCCCCC. The van der Waals surface area contributed by atoms with Crippen LogP contribution in [0.2, 0.25) is 0 Å². The molecule has 0 aromatic rings. The Hall–Kier alpha value is -0.440. The maximum Gasteiger partial charge on any atom is 0.00885 e. The van der Waals surface area contributed by atoms with Crippen LogP contribution in [0.3, 0.4) is 0 Å². The summed E-state index contributed by atoms with van der Waals surface area (Å²) in [5.74, 6) is 6.14. The van der Waals surface area contributed by atoms with Crippen LogP contribution in [0.1, 0.15) is 149 Å². The van der Waals surface area contributed by atoms with E-state index in [2.05, 4.69) is 18.8 Å². The molecule has 25 heavy (non-hydrogen) atoms. The fourth-order valence-corrected chi connectivity index (χ4v) is 3.59. The summed E-state index contributed by atoms with van der Waals surface area (Å²) in [6.45, 7) is 4.24. The average molecular weight is 349 g/mol. The van der Waals surface area contributed by atoms with Crippen LogP contribution in [0.4, 0.5) is 0 Å². The molecular weight excluding hydrogens is 300 g/mol. The van der Waals surface area contributed by atoms with Gasteiger partial charge in [0.05, 0.1) is 0 Å². The van der Waals surface area contributed by atoms with Gasteiger partial charge in [0.1, 0.15) is 0 Å². The lowest BCUT2D eigenvalue weighted by molar-refractivity contribution is 0.522. The van der Waals surface area contributed by atoms with E-state index in [9.17, 15) is 0 Å². The topological polar surface area (TPSA) is 0 Å². The molecule has 0 fully saturated rings. The summed E-state index contributed by atoms with van der Waals surface area (Å²) in [4.78, 5) is 0. The van der Waals surface area contributed by atoms with Crippen LogP contribution in [0.5, 0.6) is 0 Å². The predicted molar refractivity (Wildman–Crippen MR) is 116 cm³/mol. The van der Waals surface area contributed by atoms with Crippen molar-refractivity contribution in [1.82, 2.24) is 0 Å². The molecule has 148 valence electrons. The molecule has 0 nitrogen and oxygen atoms in total. The Morgan fingerprint density at radius 3 is 0.960 bits per heavy atom. The standard InChI is InChI=1S/C25H48/c1-3-5-7-9-11-13-15-17-19-21-23-25-24-22-20-18-16-14-12-10-8-6-4-2/h3,5,7-25H2,1-2H3. The molecular formula is C25H48. The van der Waals surface area contributed by atoms with Crippen LogP contribution in [0.15, 0.2) is 0 Å². The van der Waals surface area contributed by atoms with Gasteiger partial charge in [-0.1, -0.05) is 129 Å². The maximum absolute atomic E-state index is 3.16. The van der Waals surface area contributed by atoms with Crippen molar-refractivity contribution in [2.24, 2.45) is 0 Å². The van der Waals surface area contributed by atoms with Gasteiger partial charge in [0, 0.05) is 6.42 Å². The second kappa shape index (κ2) is 23.6. The quantitative estimate of drug-likeness (QED) is 0.152. The average Bonchev–Trinajstić information content (AvgIpc) is 2.63. The summed E-state index contributed by atoms with van der Waals surface area (Å²) in [7, 11) is 0. The summed E-state index contributed by atoms with van der Waals surface area (Å²) in [5, 5.41) is 0. The van der Waals surface area contributed by atoms with Crippen molar-refractivity contribution in [3.63, 3.8) is 0 Å². The van der Waals surface area contributed by atoms with Crippen molar-refractivity contribution in [1.29, 1.82) is 0 Å². The van der Waals surface area contributed by atoms with Crippen molar-refractivity contribution in [3.05, 3.63) is 0 Å². The lowest BCUT2D eigenvalue weighted by atomic mass is 10.0. The zero-order valence-corrected chi connectivity index (χ0v) is 17.8. The Balaban J connectivity index is 2.97. The highest BCUT2D eigenvalue weighted by molar-refractivity contribution is 4.94. The molecule has 0 atom stereocenters. The van der Waals surface area contributed by atoms with Gasteiger partial charge in [-0.25, -0.2) is 0 Å². The van der Waals surface area contributed by atoms with Crippen molar-refractivity contribution in [2.45, 2.75) is 149 Å². The van der Waals surface area contributed by atoms with Gasteiger partial charge >= 0.3 is 0 Å². The highest BCUT2D eigenvalue weighted by Crippen LogP contribution is 2.14. The lowest BCUT2D eigenvalue weighted by Gasteiger charge is -2.04. The van der Waals surface area contributed by atoms with E-state index in [0.29, 0.717) is 0 Å². The lowest BCUT2D eigenvalue weighted by Crippen LogP contribution is -1.84. The second-order valence-electron chi connectivity index (χ2n) is 7.89. The third kappa shape index (κ3) is 23.6. The smallest absolute Gasteiger partial charge is 0.00885 e. The van der Waals surface area contributed by atoms with E-state index in [-0.39, 0.29) is 0 Å². The van der Waals surface area contributed by atoms with E-state index in [0.717, 1.165) is 6.42 Å². The second-order valence-corrected chi connectivity index (χ2v) is 7.89. The van der Waals surface area contributed by atoms with Crippen LogP contribution in [0.25, 0.3) is 0 Å². The molecule has 0 heteroatoms. The molecule has 0 unspecified atom stereocenters. The molecule has 0 aliphatic carbocycles. The van der Waals surface area contributed by atoms with E-state index in [4.69, 9.17) is 0 Å². The molecule has 0 radical (unpaired) electrons. The van der Waals surface area contributed by atoms with Gasteiger partial charge in [-0.2, -0.15) is 0 Å². The van der Waals surface area contributed by atoms with Gasteiger partial charge in [-0.15, -0.1) is 11.8 Å². The van der Waals surface area contributed by atoms with Crippen molar-refractivity contribution < 1.29 is 0 Å². The van der Waals surface area contributed by atoms with Crippen molar-refractivity contribution in [2.75, 3.05) is 0 Å². The van der Waals surface area contributed by atoms with Gasteiger partial charge in [0.15, 0.2) is 0 Å². The molecule has 0 aliphatic heterocycles. The third-order valence-corrected chi connectivity index (χ3v) is 5.33. The fourth-order valence-electron chi connectivity index (χ4n) is 3.59. The van der Waals surface area contributed by atoms with Gasteiger partial charge in [-0.05, 0) is 13.3 Å². The monoisotopic (exact) mass is 348 g/mol. The highest BCUT2D eigenvalue weighted by Gasteiger charge is 1.95. The zero-order valence-electron chi connectivity index (χ0n) is 17.8. The minimum absolute atomic E-state index is 1.11. The maximum atomic E-state index is 3.16. The van der Waals surface area contributed by atoms with E-state index < -0.39 is 0 Å². The third-order valence-electron chi connectivity index (χ3n) is 5.33. The Morgan fingerprint density at radius 2 is 0.680 bits per heavy atom.